The van der Waals surface area contributed by atoms with E-state index in [1.807, 2.05) is 124 Å². The molecule has 2 aliphatic rings. The summed E-state index contributed by atoms with van der Waals surface area (Å²) in [5.74, 6) is -0.197. The number of fused-ring (bicyclic) bond motifs is 7. The van der Waals surface area contributed by atoms with Crippen LogP contribution in [0.15, 0.2) is 121 Å². The van der Waals surface area contributed by atoms with Gasteiger partial charge in [0, 0.05) is 75.9 Å². The summed E-state index contributed by atoms with van der Waals surface area (Å²) in [7, 11) is 0. The smallest absolute Gasteiger partial charge is 0.234 e. The molecule has 1 aliphatic carbocycles. The van der Waals surface area contributed by atoms with E-state index in [0.717, 1.165) is 92.3 Å². The van der Waals surface area contributed by atoms with Crippen LogP contribution in [-0.4, -0.2) is 129 Å². The van der Waals surface area contributed by atoms with Crippen molar-refractivity contribution in [2.75, 3.05) is 72.0 Å². The summed E-state index contributed by atoms with van der Waals surface area (Å²) >= 11 is 0. The Labute approximate surface area is 417 Å². The van der Waals surface area contributed by atoms with Gasteiger partial charge in [-0.2, -0.15) is 0 Å². The molecule has 14 heteroatoms. The number of amides is 3. The third-order valence-corrected chi connectivity index (χ3v) is 14.1. The predicted molar refractivity (Wildman–Crippen MR) is 280 cm³/mol. The number of rotatable bonds is 14. The highest BCUT2D eigenvalue weighted by Gasteiger charge is 2.24. The predicted octanol–water partition coefficient (Wildman–Crippen LogP) is 6.96. The number of hydrogen-bond donors (Lipinski definition) is 3. The van der Waals surface area contributed by atoms with Gasteiger partial charge in [-0.05, 0) is 87.4 Å². The maximum atomic E-state index is 13.9. The first-order chi connectivity index (χ1) is 34.6. The van der Waals surface area contributed by atoms with Crippen LogP contribution in [-0.2, 0) is 33.8 Å². The van der Waals surface area contributed by atoms with Gasteiger partial charge in [-0.15, -0.1) is 0 Å². The minimum Gasteiger partial charge on any atom is -0.348 e. The lowest BCUT2D eigenvalue weighted by atomic mass is 9.99. The van der Waals surface area contributed by atoms with Crippen LogP contribution in [0.2, 0.25) is 0 Å². The number of nitrogens with zero attached hydrogens (tertiary/aromatic N) is 8. The summed E-state index contributed by atoms with van der Waals surface area (Å²) in [6.45, 7) is 11.8. The lowest BCUT2D eigenvalue weighted by Gasteiger charge is -2.34. The minimum atomic E-state index is -0.161. The average Bonchev–Trinajstić information content (AvgIpc) is 3.39. The van der Waals surface area contributed by atoms with Crippen LogP contribution < -0.4 is 16.0 Å². The van der Waals surface area contributed by atoms with Crippen molar-refractivity contribution in [1.82, 2.24) is 55.5 Å². The van der Waals surface area contributed by atoms with E-state index < -0.39 is 0 Å². The first-order valence-corrected chi connectivity index (χ1v) is 25.4. The van der Waals surface area contributed by atoms with Crippen LogP contribution in [0.5, 0.6) is 0 Å². The van der Waals surface area contributed by atoms with Gasteiger partial charge in [0.15, 0.2) is 0 Å². The fourth-order valence-corrected chi connectivity index (χ4v) is 10.00. The third kappa shape index (κ3) is 12.8. The van der Waals surface area contributed by atoms with Crippen molar-refractivity contribution in [2.45, 2.75) is 71.1 Å². The Morgan fingerprint density at radius 1 is 0.451 bits per heavy atom. The van der Waals surface area contributed by atoms with Gasteiger partial charge in [-0.1, -0.05) is 91.0 Å². The molecule has 3 aromatic heterocycles. The molecule has 71 heavy (non-hydrogen) atoms. The normalized spacial score (nSPS) is 17.1. The number of carbonyl (C=O) groups is 3. The Balaban J connectivity index is 0.987. The van der Waals surface area contributed by atoms with Gasteiger partial charge < -0.3 is 16.0 Å². The number of nitrogens with one attached hydrogen (secondary N) is 3. The van der Waals surface area contributed by atoms with E-state index in [2.05, 4.69) is 53.7 Å². The second-order valence-electron chi connectivity index (χ2n) is 19.3. The molecule has 1 fully saturated rings. The lowest BCUT2D eigenvalue weighted by molar-refractivity contribution is -0.125. The highest BCUT2D eigenvalue weighted by atomic mass is 16.2. The van der Waals surface area contributed by atoms with Crippen molar-refractivity contribution in [1.29, 1.82) is 0 Å². The topological polar surface area (TPSA) is 152 Å². The summed E-state index contributed by atoms with van der Waals surface area (Å²) in [6.07, 6.45) is 5.94. The molecule has 7 aromatic rings. The van der Waals surface area contributed by atoms with Gasteiger partial charge in [-0.25, -0.2) is 15.0 Å². The second kappa shape index (κ2) is 23.5. The zero-order valence-electron chi connectivity index (χ0n) is 41.4. The molecular formula is C57H67N11O3. The molecule has 4 heterocycles. The van der Waals surface area contributed by atoms with Crippen molar-refractivity contribution >= 4 is 50.6 Å². The first kappa shape index (κ1) is 49.3. The summed E-state index contributed by atoms with van der Waals surface area (Å²) in [5, 5.41) is 11.6. The zero-order chi connectivity index (χ0) is 49.1. The summed E-state index contributed by atoms with van der Waals surface area (Å²) in [6, 6.07) is 37.8. The highest BCUT2D eigenvalue weighted by Crippen LogP contribution is 2.33. The molecule has 4 aromatic carbocycles. The number of hydrogen-bond acceptors (Lipinski definition) is 11. The molecule has 0 saturated carbocycles. The van der Waals surface area contributed by atoms with E-state index in [-0.39, 0.29) is 55.5 Å². The maximum absolute atomic E-state index is 13.9. The molecule has 3 atom stereocenters. The van der Waals surface area contributed by atoms with Crippen LogP contribution >= 0.6 is 0 Å². The van der Waals surface area contributed by atoms with Gasteiger partial charge in [0.05, 0.1) is 76.9 Å². The molecule has 3 amide bonds. The van der Waals surface area contributed by atoms with Crippen LogP contribution in [0.3, 0.4) is 0 Å². The SMILES string of the molecule is C[C@H](NC(=O)CN1CCN(CC(=O)N[C@@H](C)c2ccccc2)CCN(Cc2ccc3c(n2)c2ncccc2c2nc4c(nc32)CCCC4)CCN(CC(=O)N[C@@H](C)c2ccccc2)CC1)c1ccccc1. The Bertz CT molecular complexity index is 2850. The quantitative estimate of drug-likeness (QED) is 0.0972. The third-order valence-electron chi connectivity index (χ3n) is 14.1. The van der Waals surface area contributed by atoms with E-state index in [1.54, 1.807) is 0 Å². The minimum absolute atomic E-state index is 0.0601. The Morgan fingerprint density at radius 3 is 1.25 bits per heavy atom. The van der Waals surface area contributed by atoms with Crippen molar-refractivity contribution < 1.29 is 14.4 Å². The Kier molecular flexibility index (Phi) is 16.3. The fourth-order valence-electron chi connectivity index (χ4n) is 10.00. The highest BCUT2D eigenvalue weighted by molar-refractivity contribution is 6.20. The number of benzene rings is 4. The molecule has 3 N–H and O–H groups in total. The van der Waals surface area contributed by atoms with E-state index >= 15 is 0 Å². The number of aryl methyl sites for hydroxylation is 2. The monoisotopic (exact) mass is 954 g/mol. The van der Waals surface area contributed by atoms with Crippen molar-refractivity contribution in [3.05, 3.63) is 155 Å². The standard InChI is InChI=1S/C57H67N11O3/c1-40(43-16-7-4-8-17-43)59-51(69)37-66-30-28-65(36-46-25-26-48-55(62-46)54-47(22-15-27-58-54)56-57(48)64-50-24-14-13-23-49(50)63-56)29-31-67(38-52(70)60-41(2)44-18-9-5-10-19-44)33-35-68(34-32-66)39-53(71)61-42(3)45-20-11-6-12-21-45/h4-12,15-22,25-27,40-42H,13-14,23-24,28-39H2,1-3H3,(H,59,69)(H,60,70)(H,61,71)/t40-,41-,42-/m0/s1. The fraction of sp³-hybridized carbons (Fsp3) is 0.386. The molecule has 1 saturated heterocycles. The molecule has 368 valence electrons. The van der Waals surface area contributed by atoms with E-state index in [9.17, 15) is 14.4 Å². The van der Waals surface area contributed by atoms with Crippen molar-refractivity contribution in [3.63, 3.8) is 0 Å². The number of aromatic nitrogens is 4. The van der Waals surface area contributed by atoms with Crippen LogP contribution in [0.4, 0.5) is 0 Å². The Morgan fingerprint density at radius 2 is 0.831 bits per heavy atom. The first-order valence-electron chi connectivity index (χ1n) is 25.4. The summed E-state index contributed by atoms with van der Waals surface area (Å²) in [4.78, 5) is 71.1. The van der Waals surface area contributed by atoms with Gasteiger partial charge in [0.2, 0.25) is 17.7 Å². The summed E-state index contributed by atoms with van der Waals surface area (Å²) < 4.78 is 0. The van der Waals surface area contributed by atoms with Crippen LogP contribution in [0.1, 0.15) is 85.5 Å². The summed E-state index contributed by atoms with van der Waals surface area (Å²) in [5.41, 5.74) is 9.56. The molecule has 14 nitrogen and oxygen atoms in total. The van der Waals surface area contributed by atoms with Gasteiger partial charge in [0.1, 0.15) is 0 Å². The molecule has 1 aliphatic heterocycles. The molecule has 0 unspecified atom stereocenters. The molecule has 0 spiro atoms. The van der Waals surface area contributed by atoms with Crippen molar-refractivity contribution in [2.24, 2.45) is 0 Å². The molecule has 0 bridgehead atoms. The largest absolute Gasteiger partial charge is 0.348 e. The number of carbonyl (C=O) groups excluding carboxylic acids is 3. The molecular weight excluding hydrogens is 887 g/mol. The average molecular weight is 954 g/mol. The molecule has 9 rings (SSSR count). The lowest BCUT2D eigenvalue weighted by Crippen LogP contribution is -2.50. The van der Waals surface area contributed by atoms with E-state index in [4.69, 9.17) is 19.9 Å². The molecule has 0 radical (unpaired) electrons. The van der Waals surface area contributed by atoms with E-state index in [0.29, 0.717) is 58.9 Å². The Hall–Kier alpha value is -6.71. The van der Waals surface area contributed by atoms with E-state index in [1.165, 1.54) is 0 Å². The van der Waals surface area contributed by atoms with Crippen molar-refractivity contribution in [3.8, 4) is 0 Å². The van der Waals surface area contributed by atoms with Crippen LogP contribution in [0, 0.1) is 0 Å². The maximum Gasteiger partial charge on any atom is 0.234 e. The number of pyridine rings is 2. The van der Waals surface area contributed by atoms with Crippen LogP contribution in [0.25, 0.3) is 32.8 Å². The second-order valence-corrected chi connectivity index (χ2v) is 19.3. The zero-order valence-corrected chi connectivity index (χ0v) is 41.4. The van der Waals surface area contributed by atoms with Gasteiger partial charge in [-0.3, -0.25) is 39.0 Å². The van der Waals surface area contributed by atoms with Gasteiger partial charge in [0.25, 0.3) is 0 Å². The van der Waals surface area contributed by atoms with Gasteiger partial charge >= 0.3 is 0 Å².